The molecule has 21 heavy (non-hydrogen) atoms. The van der Waals surface area contributed by atoms with Crippen molar-refractivity contribution in [3.8, 4) is 0 Å². The largest absolute Gasteiger partial charge is 0.349 e. The van der Waals surface area contributed by atoms with Gasteiger partial charge in [0.25, 0.3) is 5.91 Å². The predicted octanol–water partition coefficient (Wildman–Crippen LogP) is 4.53. The van der Waals surface area contributed by atoms with Crippen molar-refractivity contribution < 1.29 is 9.18 Å². The summed E-state index contributed by atoms with van der Waals surface area (Å²) >= 11 is 3.21. The molecule has 1 N–H and O–H groups in total. The van der Waals surface area contributed by atoms with E-state index >= 15 is 0 Å². The molecule has 0 aromatic heterocycles. The molecule has 0 spiro atoms. The Labute approximate surface area is 133 Å². The van der Waals surface area contributed by atoms with Gasteiger partial charge in [0.1, 0.15) is 5.82 Å². The summed E-state index contributed by atoms with van der Waals surface area (Å²) in [6, 6.07) is 4.71. The summed E-state index contributed by atoms with van der Waals surface area (Å²) in [5.41, 5.74) is 0.477. The fourth-order valence-electron chi connectivity index (χ4n) is 4.33. The lowest BCUT2D eigenvalue weighted by Crippen LogP contribution is -2.47. The monoisotopic (exact) mass is 353 g/mol. The van der Waals surface area contributed by atoms with Crippen LogP contribution < -0.4 is 5.32 Å². The minimum atomic E-state index is -0.477. The number of halogens is 2. The molecule has 4 heteroatoms. The quantitative estimate of drug-likeness (QED) is 0.831. The van der Waals surface area contributed by atoms with Crippen molar-refractivity contribution in [1.82, 2.24) is 5.32 Å². The highest BCUT2D eigenvalue weighted by atomic mass is 79.9. The maximum Gasteiger partial charge on any atom is 0.254 e. The van der Waals surface area contributed by atoms with Crippen molar-refractivity contribution in [2.45, 2.75) is 46.1 Å². The highest BCUT2D eigenvalue weighted by Crippen LogP contribution is 2.65. The topological polar surface area (TPSA) is 29.1 Å². The summed E-state index contributed by atoms with van der Waals surface area (Å²) < 4.78 is 14.6. The minimum Gasteiger partial charge on any atom is -0.349 e. The normalized spacial score (nSPS) is 33.2. The molecule has 3 unspecified atom stereocenters. The molecule has 114 valence electrons. The summed E-state index contributed by atoms with van der Waals surface area (Å²) in [6.07, 6.45) is 3.38. The molecule has 1 amide bonds. The van der Waals surface area contributed by atoms with E-state index < -0.39 is 5.82 Å². The second-order valence-corrected chi connectivity index (χ2v) is 8.18. The first-order valence-corrected chi connectivity index (χ1v) is 8.31. The van der Waals surface area contributed by atoms with E-state index in [1.165, 1.54) is 18.6 Å². The Bertz CT molecular complexity index is 600. The van der Waals surface area contributed by atoms with E-state index in [0.717, 1.165) is 12.8 Å². The van der Waals surface area contributed by atoms with Crippen LogP contribution in [-0.4, -0.2) is 11.9 Å². The molecule has 3 atom stereocenters. The fraction of sp³-hybridized carbons (Fsp3) is 0.588. The molecule has 2 nitrogen and oxygen atoms in total. The molecule has 0 saturated heterocycles. The molecule has 2 aliphatic carbocycles. The van der Waals surface area contributed by atoms with Crippen LogP contribution in [0.1, 0.15) is 50.4 Å². The molecule has 2 aliphatic rings. The Morgan fingerprint density at radius 1 is 1.38 bits per heavy atom. The molecule has 1 aromatic carbocycles. The van der Waals surface area contributed by atoms with Crippen LogP contribution in [-0.2, 0) is 0 Å². The molecular weight excluding hydrogens is 333 g/mol. The van der Waals surface area contributed by atoms with Crippen LogP contribution in [0.4, 0.5) is 4.39 Å². The zero-order chi connectivity index (χ0) is 15.4. The average Bonchev–Trinajstić information content (AvgIpc) is 2.71. The summed E-state index contributed by atoms with van der Waals surface area (Å²) in [5.74, 6) is -0.119. The molecule has 3 rings (SSSR count). The summed E-state index contributed by atoms with van der Waals surface area (Å²) in [4.78, 5) is 12.4. The molecule has 2 saturated carbocycles. The van der Waals surface area contributed by atoms with Gasteiger partial charge in [0, 0.05) is 10.5 Å². The van der Waals surface area contributed by atoms with Crippen molar-refractivity contribution in [2.75, 3.05) is 0 Å². The number of carbonyl (C=O) groups is 1. The number of hydrogen-bond acceptors (Lipinski definition) is 1. The Kier molecular flexibility index (Phi) is 3.43. The molecule has 0 aliphatic heterocycles. The van der Waals surface area contributed by atoms with Crippen LogP contribution in [0.25, 0.3) is 0 Å². The Hall–Kier alpha value is -0.900. The van der Waals surface area contributed by atoms with Gasteiger partial charge in [0.05, 0.1) is 5.56 Å². The summed E-state index contributed by atoms with van der Waals surface area (Å²) in [6.45, 7) is 6.87. The third-order valence-corrected chi connectivity index (χ3v) is 6.77. The van der Waals surface area contributed by atoms with Gasteiger partial charge in [-0.25, -0.2) is 4.39 Å². The highest BCUT2D eigenvalue weighted by Gasteiger charge is 2.61. The van der Waals surface area contributed by atoms with Crippen molar-refractivity contribution in [1.29, 1.82) is 0 Å². The first-order chi connectivity index (χ1) is 9.75. The smallest absolute Gasteiger partial charge is 0.254 e. The lowest BCUT2D eigenvalue weighted by molar-refractivity contribution is 0.0822. The maximum atomic E-state index is 13.9. The zero-order valence-corrected chi connectivity index (χ0v) is 14.3. The molecule has 0 radical (unpaired) electrons. The maximum absolute atomic E-state index is 13.9. The second kappa shape index (κ2) is 4.80. The van der Waals surface area contributed by atoms with Gasteiger partial charge in [0.15, 0.2) is 0 Å². The standard InChI is InChI=1S/C17H21BrFNO/c1-16(2)10-6-7-17(16,3)14(8-10)20-15(21)12-5-4-11(18)9-13(12)19/h4-5,9-10,14H,6-8H2,1-3H3,(H,20,21). The van der Waals surface area contributed by atoms with E-state index in [0.29, 0.717) is 10.4 Å². The van der Waals surface area contributed by atoms with Crippen LogP contribution in [0.2, 0.25) is 0 Å². The second-order valence-electron chi connectivity index (χ2n) is 7.26. The number of rotatable bonds is 2. The van der Waals surface area contributed by atoms with Crippen molar-refractivity contribution >= 4 is 21.8 Å². The van der Waals surface area contributed by atoms with Crippen LogP contribution in [0.3, 0.4) is 0 Å². The summed E-state index contributed by atoms with van der Waals surface area (Å²) in [5, 5.41) is 3.09. The Balaban J connectivity index is 1.80. The third-order valence-electron chi connectivity index (χ3n) is 6.28. The highest BCUT2D eigenvalue weighted by molar-refractivity contribution is 9.10. The molecule has 2 fully saturated rings. The van der Waals surface area contributed by atoms with E-state index in [4.69, 9.17) is 0 Å². The van der Waals surface area contributed by atoms with Crippen LogP contribution in [0.5, 0.6) is 0 Å². The van der Waals surface area contributed by atoms with Gasteiger partial charge in [-0.2, -0.15) is 0 Å². The zero-order valence-electron chi connectivity index (χ0n) is 12.7. The number of nitrogens with one attached hydrogen (secondary N) is 1. The van der Waals surface area contributed by atoms with Gasteiger partial charge in [-0.15, -0.1) is 0 Å². The lowest BCUT2D eigenvalue weighted by Gasteiger charge is -2.39. The van der Waals surface area contributed by atoms with Gasteiger partial charge < -0.3 is 5.32 Å². The van der Waals surface area contributed by atoms with Crippen molar-refractivity contribution in [3.63, 3.8) is 0 Å². The molecular formula is C17H21BrFNO. The van der Waals surface area contributed by atoms with Crippen LogP contribution in [0, 0.1) is 22.6 Å². The van der Waals surface area contributed by atoms with Gasteiger partial charge in [-0.1, -0.05) is 36.7 Å². The van der Waals surface area contributed by atoms with E-state index in [2.05, 4.69) is 42.0 Å². The SMILES string of the molecule is CC1(C)C2CCC1(C)C(NC(=O)c1ccc(Br)cc1F)C2. The first kappa shape index (κ1) is 15.0. The average molecular weight is 354 g/mol. The number of benzene rings is 1. The van der Waals surface area contributed by atoms with Gasteiger partial charge in [0.2, 0.25) is 0 Å². The Morgan fingerprint density at radius 2 is 2.10 bits per heavy atom. The Morgan fingerprint density at radius 3 is 2.62 bits per heavy atom. The number of hydrogen-bond donors (Lipinski definition) is 1. The first-order valence-electron chi connectivity index (χ1n) is 7.51. The van der Waals surface area contributed by atoms with Crippen LogP contribution in [0.15, 0.2) is 22.7 Å². The van der Waals surface area contributed by atoms with Crippen molar-refractivity contribution in [3.05, 3.63) is 34.1 Å². The molecule has 2 bridgehead atoms. The molecule has 1 aromatic rings. The number of fused-ring (bicyclic) bond motifs is 2. The number of carbonyl (C=O) groups excluding carboxylic acids is 1. The van der Waals surface area contributed by atoms with E-state index in [9.17, 15) is 9.18 Å². The van der Waals surface area contributed by atoms with Crippen molar-refractivity contribution in [2.24, 2.45) is 16.7 Å². The minimum absolute atomic E-state index is 0.110. The van der Waals surface area contributed by atoms with Gasteiger partial charge >= 0.3 is 0 Å². The lowest BCUT2D eigenvalue weighted by atomic mass is 9.69. The van der Waals surface area contributed by atoms with Gasteiger partial charge in [-0.05, 0) is 54.2 Å². The fourth-order valence-corrected chi connectivity index (χ4v) is 4.66. The van der Waals surface area contributed by atoms with E-state index in [-0.39, 0.29) is 28.3 Å². The van der Waals surface area contributed by atoms with E-state index in [1.807, 2.05) is 0 Å². The third kappa shape index (κ3) is 2.14. The summed E-state index contributed by atoms with van der Waals surface area (Å²) in [7, 11) is 0. The molecule has 0 heterocycles. The predicted molar refractivity (Wildman–Crippen MR) is 84.6 cm³/mol. The van der Waals surface area contributed by atoms with Crippen LogP contribution >= 0.6 is 15.9 Å². The number of amides is 1. The van der Waals surface area contributed by atoms with E-state index in [1.54, 1.807) is 6.07 Å². The van der Waals surface area contributed by atoms with Gasteiger partial charge in [-0.3, -0.25) is 4.79 Å².